The first-order chi connectivity index (χ1) is 8.06. The van der Waals surface area contributed by atoms with E-state index in [1.54, 1.807) is 18.3 Å². The van der Waals surface area contributed by atoms with Crippen LogP contribution in [0, 0.1) is 19.3 Å². The molecule has 0 unspecified atom stereocenters. The first kappa shape index (κ1) is 11.3. The summed E-state index contributed by atoms with van der Waals surface area (Å²) in [6.45, 7) is 4.04. The van der Waals surface area contributed by atoms with Gasteiger partial charge < -0.3 is 10.6 Å². The molecule has 0 aliphatic carbocycles. The molecule has 17 heavy (non-hydrogen) atoms. The van der Waals surface area contributed by atoms with E-state index in [1.807, 2.05) is 26.0 Å². The SMILES string of the molecule is Cc1ccc(Oc2ccn(N)c(=N)c2)c(C)c1. The summed E-state index contributed by atoms with van der Waals surface area (Å²) < 4.78 is 6.94. The number of pyridine rings is 1. The summed E-state index contributed by atoms with van der Waals surface area (Å²) in [6, 6.07) is 9.30. The monoisotopic (exact) mass is 229 g/mol. The summed E-state index contributed by atoms with van der Waals surface area (Å²) in [5, 5.41) is 7.57. The molecular weight excluding hydrogens is 214 g/mol. The molecule has 0 saturated heterocycles. The van der Waals surface area contributed by atoms with Gasteiger partial charge in [0.2, 0.25) is 0 Å². The number of hydrogen-bond donors (Lipinski definition) is 2. The number of ether oxygens (including phenoxy) is 1. The number of aromatic nitrogens is 1. The number of nitrogens with zero attached hydrogens (tertiary/aromatic N) is 1. The average molecular weight is 229 g/mol. The third-order valence-corrected chi connectivity index (χ3v) is 2.51. The highest BCUT2D eigenvalue weighted by molar-refractivity contribution is 5.38. The van der Waals surface area contributed by atoms with Gasteiger partial charge in [-0.05, 0) is 31.5 Å². The van der Waals surface area contributed by atoms with Gasteiger partial charge >= 0.3 is 0 Å². The minimum atomic E-state index is 0.201. The first-order valence-corrected chi connectivity index (χ1v) is 5.34. The predicted molar refractivity (Wildman–Crippen MR) is 66.4 cm³/mol. The second-order valence-electron chi connectivity index (χ2n) is 4.03. The Morgan fingerprint density at radius 2 is 1.94 bits per heavy atom. The van der Waals surface area contributed by atoms with Crippen LogP contribution in [-0.2, 0) is 0 Å². The Morgan fingerprint density at radius 3 is 2.59 bits per heavy atom. The van der Waals surface area contributed by atoms with E-state index in [1.165, 1.54) is 10.2 Å². The van der Waals surface area contributed by atoms with Gasteiger partial charge in [0.1, 0.15) is 17.0 Å². The normalized spacial score (nSPS) is 10.2. The van der Waals surface area contributed by atoms with Gasteiger partial charge in [-0.1, -0.05) is 17.7 Å². The minimum Gasteiger partial charge on any atom is -0.457 e. The third kappa shape index (κ3) is 2.47. The van der Waals surface area contributed by atoms with Crippen molar-refractivity contribution in [1.82, 2.24) is 4.68 Å². The summed E-state index contributed by atoms with van der Waals surface area (Å²) in [7, 11) is 0. The molecule has 0 saturated carbocycles. The molecule has 0 fully saturated rings. The van der Waals surface area contributed by atoms with Gasteiger partial charge in [-0.2, -0.15) is 0 Å². The molecule has 4 heteroatoms. The van der Waals surface area contributed by atoms with E-state index in [0.717, 1.165) is 11.3 Å². The molecule has 2 aromatic rings. The van der Waals surface area contributed by atoms with Crippen LogP contribution in [0.4, 0.5) is 0 Å². The second kappa shape index (κ2) is 4.33. The zero-order chi connectivity index (χ0) is 12.4. The van der Waals surface area contributed by atoms with Crippen molar-refractivity contribution in [1.29, 1.82) is 5.41 Å². The molecule has 4 nitrogen and oxygen atoms in total. The second-order valence-corrected chi connectivity index (χ2v) is 4.03. The fourth-order valence-electron chi connectivity index (χ4n) is 1.60. The zero-order valence-corrected chi connectivity index (χ0v) is 9.90. The highest BCUT2D eigenvalue weighted by Gasteiger charge is 2.02. The highest BCUT2D eigenvalue weighted by atomic mass is 16.5. The van der Waals surface area contributed by atoms with Crippen LogP contribution in [-0.4, -0.2) is 4.68 Å². The third-order valence-electron chi connectivity index (χ3n) is 2.51. The molecule has 2 rings (SSSR count). The van der Waals surface area contributed by atoms with Crippen molar-refractivity contribution in [3.8, 4) is 11.5 Å². The van der Waals surface area contributed by atoms with Gasteiger partial charge in [-0.25, -0.2) is 0 Å². The first-order valence-electron chi connectivity index (χ1n) is 5.34. The number of benzene rings is 1. The maximum atomic E-state index is 7.57. The quantitative estimate of drug-likeness (QED) is 0.774. The summed E-state index contributed by atoms with van der Waals surface area (Å²) in [5.74, 6) is 6.92. The standard InChI is InChI=1S/C13H15N3O/c1-9-3-4-12(10(2)7-9)17-11-5-6-16(15)13(14)8-11/h3-8,14H,15H2,1-2H3. The van der Waals surface area contributed by atoms with Crippen LogP contribution < -0.4 is 16.1 Å². The molecule has 1 aromatic carbocycles. The Morgan fingerprint density at radius 1 is 1.18 bits per heavy atom. The van der Waals surface area contributed by atoms with E-state index in [-0.39, 0.29) is 5.49 Å². The lowest BCUT2D eigenvalue weighted by Crippen LogP contribution is -2.25. The van der Waals surface area contributed by atoms with Gasteiger partial charge in [-0.3, -0.25) is 10.1 Å². The van der Waals surface area contributed by atoms with Gasteiger partial charge in [0.05, 0.1) is 0 Å². The summed E-state index contributed by atoms with van der Waals surface area (Å²) >= 11 is 0. The summed E-state index contributed by atoms with van der Waals surface area (Å²) in [5.41, 5.74) is 2.47. The van der Waals surface area contributed by atoms with Crippen molar-refractivity contribution < 1.29 is 4.74 Å². The maximum absolute atomic E-state index is 7.57. The van der Waals surface area contributed by atoms with E-state index in [2.05, 4.69) is 6.07 Å². The van der Waals surface area contributed by atoms with Crippen molar-refractivity contribution in [3.63, 3.8) is 0 Å². The van der Waals surface area contributed by atoms with Crippen LogP contribution >= 0.6 is 0 Å². The molecule has 0 aliphatic rings. The van der Waals surface area contributed by atoms with E-state index < -0.39 is 0 Å². The van der Waals surface area contributed by atoms with E-state index >= 15 is 0 Å². The van der Waals surface area contributed by atoms with Crippen molar-refractivity contribution >= 4 is 0 Å². The smallest absolute Gasteiger partial charge is 0.146 e. The lowest BCUT2D eigenvalue weighted by molar-refractivity contribution is 0.475. The molecule has 0 radical (unpaired) electrons. The molecule has 0 bridgehead atoms. The Kier molecular flexibility index (Phi) is 2.87. The molecule has 0 spiro atoms. The van der Waals surface area contributed by atoms with Gasteiger partial charge in [0.25, 0.3) is 0 Å². The number of hydrogen-bond acceptors (Lipinski definition) is 3. The summed E-state index contributed by atoms with van der Waals surface area (Å²) in [6.07, 6.45) is 1.60. The fraction of sp³-hybridized carbons (Fsp3) is 0.154. The van der Waals surface area contributed by atoms with Crippen LogP contribution in [0.15, 0.2) is 36.5 Å². The Bertz CT molecular complexity index is 602. The van der Waals surface area contributed by atoms with Crippen LogP contribution in [0.2, 0.25) is 0 Å². The van der Waals surface area contributed by atoms with Crippen LogP contribution in [0.5, 0.6) is 11.5 Å². The maximum Gasteiger partial charge on any atom is 0.146 e. The molecule has 3 N–H and O–H groups in total. The highest BCUT2D eigenvalue weighted by Crippen LogP contribution is 2.24. The molecule has 0 amide bonds. The topological polar surface area (TPSA) is 64.0 Å². The molecule has 1 aromatic heterocycles. The molecule has 0 aliphatic heterocycles. The van der Waals surface area contributed by atoms with Crippen molar-refractivity contribution in [2.24, 2.45) is 0 Å². The van der Waals surface area contributed by atoms with E-state index in [0.29, 0.717) is 5.75 Å². The zero-order valence-electron chi connectivity index (χ0n) is 9.90. The average Bonchev–Trinajstić information content (AvgIpc) is 2.27. The van der Waals surface area contributed by atoms with Crippen molar-refractivity contribution in [3.05, 3.63) is 53.1 Å². The summed E-state index contributed by atoms with van der Waals surface area (Å²) in [4.78, 5) is 0. The molecule has 0 atom stereocenters. The lowest BCUT2D eigenvalue weighted by atomic mass is 10.1. The largest absolute Gasteiger partial charge is 0.457 e. The number of aryl methyl sites for hydroxylation is 2. The van der Waals surface area contributed by atoms with Crippen molar-refractivity contribution in [2.75, 3.05) is 5.84 Å². The Balaban J connectivity index is 2.31. The van der Waals surface area contributed by atoms with Gasteiger partial charge in [0, 0.05) is 12.3 Å². The van der Waals surface area contributed by atoms with Crippen LogP contribution in [0.25, 0.3) is 0 Å². The van der Waals surface area contributed by atoms with Gasteiger partial charge in [-0.15, -0.1) is 0 Å². The number of rotatable bonds is 2. The molecule has 88 valence electrons. The van der Waals surface area contributed by atoms with Crippen LogP contribution in [0.3, 0.4) is 0 Å². The fourth-order valence-corrected chi connectivity index (χ4v) is 1.60. The predicted octanol–water partition coefficient (Wildman–Crippen LogP) is 2.09. The number of nitrogens with two attached hydrogens (primary N) is 1. The van der Waals surface area contributed by atoms with Crippen LogP contribution in [0.1, 0.15) is 11.1 Å². The molecule has 1 heterocycles. The Hall–Kier alpha value is -2.23. The molecular formula is C13H15N3O. The number of nitrogens with one attached hydrogen (secondary N) is 1. The van der Waals surface area contributed by atoms with E-state index in [4.69, 9.17) is 16.0 Å². The van der Waals surface area contributed by atoms with E-state index in [9.17, 15) is 0 Å². The Labute approximate surface area is 99.8 Å². The minimum absolute atomic E-state index is 0.201. The number of nitrogen functional groups attached to an aromatic ring is 1. The van der Waals surface area contributed by atoms with Gasteiger partial charge in [0.15, 0.2) is 0 Å². The van der Waals surface area contributed by atoms with Crippen molar-refractivity contribution in [2.45, 2.75) is 13.8 Å². The lowest BCUT2D eigenvalue weighted by Gasteiger charge is -2.09.